The summed E-state index contributed by atoms with van der Waals surface area (Å²) in [5.41, 5.74) is 1.48. The summed E-state index contributed by atoms with van der Waals surface area (Å²) in [6.45, 7) is 0.383. The molecular formula is C17H21N3O2. The Morgan fingerprint density at radius 1 is 1.18 bits per heavy atom. The number of nitriles is 1. The summed E-state index contributed by atoms with van der Waals surface area (Å²) in [4.78, 5) is 23.5. The van der Waals surface area contributed by atoms with E-state index in [-0.39, 0.29) is 18.2 Å². The first kappa shape index (κ1) is 16.0. The monoisotopic (exact) mass is 299 g/mol. The molecule has 2 amide bonds. The second-order valence-corrected chi connectivity index (χ2v) is 5.67. The molecule has 0 bridgehead atoms. The SMILES string of the molecule is N#CCC(=O)Nc1ccccc1CNC(=O)CC1CCCC1. The minimum Gasteiger partial charge on any atom is -0.352 e. The highest BCUT2D eigenvalue weighted by Gasteiger charge is 2.18. The van der Waals surface area contributed by atoms with Crippen molar-refractivity contribution < 1.29 is 9.59 Å². The summed E-state index contributed by atoms with van der Waals surface area (Å²) in [7, 11) is 0. The van der Waals surface area contributed by atoms with Crippen LogP contribution in [0.2, 0.25) is 0 Å². The third-order valence-corrected chi connectivity index (χ3v) is 3.96. The van der Waals surface area contributed by atoms with Crippen LogP contribution in [0.15, 0.2) is 24.3 Å². The molecule has 0 unspecified atom stereocenters. The Balaban J connectivity index is 1.87. The highest BCUT2D eigenvalue weighted by Crippen LogP contribution is 2.27. The first-order valence-corrected chi connectivity index (χ1v) is 7.70. The van der Waals surface area contributed by atoms with Crippen LogP contribution in [-0.2, 0) is 16.1 Å². The number of hydrogen-bond donors (Lipinski definition) is 2. The molecule has 2 rings (SSSR count). The van der Waals surface area contributed by atoms with Gasteiger partial charge in [-0.25, -0.2) is 0 Å². The average molecular weight is 299 g/mol. The Labute approximate surface area is 130 Å². The predicted octanol–water partition coefficient (Wildman–Crippen LogP) is 2.74. The number of rotatable bonds is 6. The standard InChI is InChI=1S/C17H21N3O2/c18-10-9-16(21)20-15-8-4-3-7-14(15)12-19-17(22)11-13-5-1-2-6-13/h3-4,7-8,13H,1-2,5-6,9,11-12H2,(H,19,22)(H,20,21). The lowest BCUT2D eigenvalue weighted by Gasteiger charge is -2.13. The normalized spacial score (nSPS) is 14.3. The molecule has 1 aromatic rings. The number of carbonyl (C=O) groups excluding carboxylic acids is 2. The van der Waals surface area contributed by atoms with Crippen LogP contribution in [0.25, 0.3) is 0 Å². The van der Waals surface area contributed by atoms with Crippen molar-refractivity contribution in [3.8, 4) is 6.07 Å². The van der Waals surface area contributed by atoms with E-state index in [9.17, 15) is 9.59 Å². The molecule has 5 heteroatoms. The number of amides is 2. The van der Waals surface area contributed by atoms with Gasteiger partial charge in [-0.2, -0.15) is 5.26 Å². The third kappa shape index (κ3) is 4.88. The van der Waals surface area contributed by atoms with Crippen molar-refractivity contribution in [2.24, 2.45) is 5.92 Å². The van der Waals surface area contributed by atoms with Crippen LogP contribution in [0.4, 0.5) is 5.69 Å². The molecule has 0 aromatic heterocycles. The van der Waals surface area contributed by atoms with Gasteiger partial charge in [0.25, 0.3) is 0 Å². The fraction of sp³-hybridized carbons (Fsp3) is 0.471. The molecule has 116 valence electrons. The lowest BCUT2D eigenvalue weighted by molar-refractivity contribution is -0.122. The fourth-order valence-corrected chi connectivity index (χ4v) is 2.81. The van der Waals surface area contributed by atoms with Crippen LogP contribution in [0.3, 0.4) is 0 Å². The quantitative estimate of drug-likeness (QED) is 0.847. The summed E-state index contributed by atoms with van der Waals surface area (Å²) >= 11 is 0. The maximum absolute atomic E-state index is 12.0. The highest BCUT2D eigenvalue weighted by molar-refractivity contribution is 5.92. The molecule has 0 saturated heterocycles. The number of benzene rings is 1. The Bertz CT molecular complexity index is 572. The molecule has 1 saturated carbocycles. The average Bonchev–Trinajstić information content (AvgIpc) is 2.99. The molecule has 0 heterocycles. The van der Waals surface area contributed by atoms with Crippen LogP contribution in [0, 0.1) is 17.2 Å². The van der Waals surface area contributed by atoms with Gasteiger partial charge in [0.2, 0.25) is 11.8 Å². The van der Waals surface area contributed by atoms with Crippen molar-refractivity contribution in [1.82, 2.24) is 5.32 Å². The number of hydrogen-bond acceptors (Lipinski definition) is 3. The second kappa shape index (κ2) is 8.18. The number of nitrogens with zero attached hydrogens (tertiary/aromatic N) is 1. The van der Waals surface area contributed by atoms with Crippen molar-refractivity contribution >= 4 is 17.5 Å². The van der Waals surface area contributed by atoms with E-state index in [4.69, 9.17) is 5.26 Å². The van der Waals surface area contributed by atoms with E-state index in [0.29, 0.717) is 24.6 Å². The molecule has 2 N–H and O–H groups in total. The summed E-state index contributed by atoms with van der Waals surface area (Å²) in [6, 6.07) is 9.12. The van der Waals surface area contributed by atoms with E-state index in [0.717, 1.165) is 18.4 Å². The highest BCUT2D eigenvalue weighted by atomic mass is 16.2. The Kier molecular flexibility index (Phi) is 5.96. The molecule has 1 fully saturated rings. The molecule has 0 spiro atoms. The van der Waals surface area contributed by atoms with Crippen LogP contribution < -0.4 is 10.6 Å². The van der Waals surface area contributed by atoms with E-state index in [2.05, 4.69) is 10.6 Å². The molecule has 0 atom stereocenters. The number of nitrogens with one attached hydrogen (secondary N) is 2. The van der Waals surface area contributed by atoms with Crippen molar-refractivity contribution in [2.45, 2.75) is 45.1 Å². The molecule has 1 aromatic carbocycles. The zero-order valence-electron chi connectivity index (χ0n) is 12.6. The summed E-state index contributed by atoms with van der Waals surface area (Å²) in [5, 5.41) is 14.1. The van der Waals surface area contributed by atoms with Crippen molar-refractivity contribution in [3.63, 3.8) is 0 Å². The number of anilines is 1. The van der Waals surface area contributed by atoms with Crippen LogP contribution in [-0.4, -0.2) is 11.8 Å². The van der Waals surface area contributed by atoms with E-state index >= 15 is 0 Å². The van der Waals surface area contributed by atoms with Gasteiger partial charge in [-0.1, -0.05) is 31.0 Å². The summed E-state index contributed by atoms with van der Waals surface area (Å²) in [5.74, 6) is 0.239. The van der Waals surface area contributed by atoms with Gasteiger partial charge in [0, 0.05) is 18.7 Å². The minimum atomic E-state index is -0.341. The van der Waals surface area contributed by atoms with Crippen LogP contribution in [0.5, 0.6) is 0 Å². The van der Waals surface area contributed by atoms with Crippen molar-refractivity contribution in [1.29, 1.82) is 5.26 Å². The number of carbonyl (C=O) groups is 2. The van der Waals surface area contributed by atoms with Gasteiger partial charge < -0.3 is 10.6 Å². The molecule has 5 nitrogen and oxygen atoms in total. The van der Waals surface area contributed by atoms with Gasteiger partial charge in [-0.15, -0.1) is 0 Å². The Hall–Kier alpha value is -2.35. The fourth-order valence-electron chi connectivity index (χ4n) is 2.81. The molecule has 0 radical (unpaired) electrons. The number of para-hydroxylation sites is 1. The molecule has 0 aliphatic heterocycles. The van der Waals surface area contributed by atoms with Crippen LogP contribution in [0.1, 0.15) is 44.1 Å². The van der Waals surface area contributed by atoms with Gasteiger partial charge in [0.1, 0.15) is 6.42 Å². The van der Waals surface area contributed by atoms with E-state index < -0.39 is 0 Å². The van der Waals surface area contributed by atoms with E-state index in [1.165, 1.54) is 12.8 Å². The largest absolute Gasteiger partial charge is 0.352 e. The van der Waals surface area contributed by atoms with Crippen LogP contribution >= 0.6 is 0 Å². The molecular weight excluding hydrogens is 278 g/mol. The topological polar surface area (TPSA) is 82.0 Å². The first-order chi connectivity index (χ1) is 10.7. The second-order valence-electron chi connectivity index (χ2n) is 5.67. The van der Waals surface area contributed by atoms with Crippen molar-refractivity contribution in [2.75, 3.05) is 5.32 Å². The minimum absolute atomic E-state index is 0.0602. The van der Waals surface area contributed by atoms with Gasteiger partial charge >= 0.3 is 0 Å². The summed E-state index contributed by atoms with van der Waals surface area (Å²) in [6.07, 6.45) is 5.16. The van der Waals surface area contributed by atoms with Gasteiger partial charge in [0.15, 0.2) is 0 Å². The maximum Gasteiger partial charge on any atom is 0.238 e. The first-order valence-electron chi connectivity index (χ1n) is 7.70. The Morgan fingerprint density at radius 2 is 1.91 bits per heavy atom. The van der Waals surface area contributed by atoms with Crippen molar-refractivity contribution in [3.05, 3.63) is 29.8 Å². The molecule has 1 aliphatic rings. The Morgan fingerprint density at radius 3 is 2.64 bits per heavy atom. The van der Waals surface area contributed by atoms with E-state index in [1.54, 1.807) is 6.07 Å². The van der Waals surface area contributed by atoms with Gasteiger partial charge in [0.05, 0.1) is 6.07 Å². The molecule has 1 aliphatic carbocycles. The van der Waals surface area contributed by atoms with Gasteiger partial charge in [-0.3, -0.25) is 9.59 Å². The predicted molar refractivity (Wildman–Crippen MR) is 83.7 cm³/mol. The summed E-state index contributed by atoms with van der Waals surface area (Å²) < 4.78 is 0. The zero-order valence-corrected chi connectivity index (χ0v) is 12.6. The third-order valence-electron chi connectivity index (χ3n) is 3.96. The van der Waals surface area contributed by atoms with E-state index in [1.807, 2.05) is 24.3 Å². The molecule has 22 heavy (non-hydrogen) atoms. The van der Waals surface area contributed by atoms with Gasteiger partial charge in [-0.05, 0) is 30.4 Å². The zero-order chi connectivity index (χ0) is 15.8. The maximum atomic E-state index is 12.0. The lowest BCUT2D eigenvalue weighted by Crippen LogP contribution is -2.25. The lowest BCUT2D eigenvalue weighted by atomic mass is 10.0. The smallest absolute Gasteiger partial charge is 0.238 e.